The summed E-state index contributed by atoms with van der Waals surface area (Å²) in [6.07, 6.45) is 3.40. The third-order valence-corrected chi connectivity index (χ3v) is 7.29. The van der Waals surface area contributed by atoms with E-state index in [0.717, 1.165) is 24.9 Å². The second-order valence-electron chi connectivity index (χ2n) is 7.77. The van der Waals surface area contributed by atoms with Crippen LogP contribution in [-0.2, 0) is 24.2 Å². The Morgan fingerprint density at radius 3 is 2.53 bits per heavy atom. The van der Waals surface area contributed by atoms with Crippen LogP contribution in [0.4, 0.5) is 5.69 Å². The van der Waals surface area contributed by atoms with E-state index in [-0.39, 0.29) is 29.4 Å². The number of hydrogen-bond donors (Lipinski definition) is 0. The summed E-state index contributed by atoms with van der Waals surface area (Å²) in [5.74, 6) is -0.890. The fourth-order valence-corrected chi connectivity index (χ4v) is 5.58. The van der Waals surface area contributed by atoms with E-state index < -0.39 is 22.4 Å². The number of carbonyl (C=O) groups excluding carboxylic acids is 3. The van der Waals surface area contributed by atoms with Crippen LogP contribution in [0.25, 0.3) is 0 Å². The zero-order valence-electron chi connectivity index (χ0n) is 17.2. The second kappa shape index (κ2) is 9.59. The van der Waals surface area contributed by atoms with Gasteiger partial charge in [-0.1, -0.05) is 13.3 Å². The minimum Gasteiger partial charge on any atom is -0.452 e. The van der Waals surface area contributed by atoms with Crippen LogP contribution in [0.1, 0.15) is 49.4 Å². The Hall–Kier alpha value is -2.42. The van der Waals surface area contributed by atoms with Gasteiger partial charge in [0.1, 0.15) is 0 Å². The summed E-state index contributed by atoms with van der Waals surface area (Å²) in [6, 6.07) is 6.18. The van der Waals surface area contributed by atoms with Gasteiger partial charge in [-0.2, -0.15) is 0 Å². The SMILES string of the molecule is CCCCN(C(=O)COC(=O)c1ccc(N2CCCC2=O)cc1)C1CCS(=O)(=O)C1. The van der Waals surface area contributed by atoms with Gasteiger partial charge in [0.2, 0.25) is 5.91 Å². The average molecular weight is 437 g/mol. The first-order valence-corrected chi connectivity index (χ1v) is 12.2. The lowest BCUT2D eigenvalue weighted by molar-refractivity contribution is -0.136. The Balaban J connectivity index is 1.57. The molecule has 0 N–H and O–H groups in total. The third kappa shape index (κ3) is 5.38. The predicted octanol–water partition coefficient (Wildman–Crippen LogP) is 1.79. The lowest BCUT2D eigenvalue weighted by Gasteiger charge is -2.28. The topological polar surface area (TPSA) is 101 Å². The molecular formula is C21H28N2O6S. The highest BCUT2D eigenvalue weighted by Gasteiger charge is 2.34. The molecular weight excluding hydrogens is 408 g/mol. The molecule has 1 atom stereocenters. The molecule has 0 bridgehead atoms. The zero-order chi connectivity index (χ0) is 21.7. The number of hydrogen-bond acceptors (Lipinski definition) is 6. The molecule has 2 heterocycles. The maximum Gasteiger partial charge on any atom is 0.338 e. The van der Waals surface area contributed by atoms with E-state index >= 15 is 0 Å². The first-order valence-electron chi connectivity index (χ1n) is 10.4. The molecule has 0 radical (unpaired) electrons. The lowest BCUT2D eigenvalue weighted by atomic mass is 10.2. The van der Waals surface area contributed by atoms with Crippen molar-refractivity contribution in [3.05, 3.63) is 29.8 Å². The number of ether oxygens (including phenoxy) is 1. The number of rotatable bonds is 8. The molecule has 2 fully saturated rings. The summed E-state index contributed by atoms with van der Waals surface area (Å²) < 4.78 is 28.8. The smallest absolute Gasteiger partial charge is 0.338 e. The third-order valence-electron chi connectivity index (χ3n) is 5.54. The summed E-state index contributed by atoms with van der Waals surface area (Å²) in [5, 5.41) is 0. The quantitative estimate of drug-likeness (QED) is 0.576. The summed E-state index contributed by atoms with van der Waals surface area (Å²) in [7, 11) is -3.12. The standard InChI is InChI=1S/C21H28N2O6S/c1-2-3-11-23(18-10-13-30(27,28)15-18)20(25)14-29-21(26)16-6-8-17(9-7-16)22-12-4-5-19(22)24/h6-9,18H,2-5,10-15H2,1H3. The van der Waals surface area contributed by atoms with Gasteiger partial charge in [-0.25, -0.2) is 13.2 Å². The van der Waals surface area contributed by atoms with Crippen LogP contribution >= 0.6 is 0 Å². The fraction of sp³-hybridized carbons (Fsp3) is 0.571. The Morgan fingerprint density at radius 2 is 1.97 bits per heavy atom. The first-order chi connectivity index (χ1) is 14.3. The molecule has 2 amide bonds. The summed E-state index contributed by atoms with van der Waals surface area (Å²) >= 11 is 0. The van der Waals surface area contributed by atoms with Crippen LogP contribution < -0.4 is 4.90 Å². The minimum absolute atomic E-state index is 0.0346. The van der Waals surface area contributed by atoms with E-state index in [0.29, 0.717) is 31.5 Å². The fourth-order valence-electron chi connectivity index (χ4n) is 3.85. The van der Waals surface area contributed by atoms with Crippen molar-refractivity contribution in [1.82, 2.24) is 4.90 Å². The monoisotopic (exact) mass is 436 g/mol. The molecule has 1 unspecified atom stereocenters. The number of esters is 1. The first kappa shape index (κ1) is 22.3. The van der Waals surface area contributed by atoms with Crippen molar-refractivity contribution in [2.75, 3.05) is 36.1 Å². The van der Waals surface area contributed by atoms with E-state index in [1.54, 1.807) is 34.1 Å². The molecule has 8 nitrogen and oxygen atoms in total. The van der Waals surface area contributed by atoms with Crippen molar-refractivity contribution in [3.8, 4) is 0 Å². The number of unbranched alkanes of at least 4 members (excludes halogenated alkanes) is 1. The molecule has 3 rings (SSSR count). The van der Waals surface area contributed by atoms with Crippen molar-refractivity contribution in [1.29, 1.82) is 0 Å². The lowest BCUT2D eigenvalue weighted by Crippen LogP contribution is -2.43. The van der Waals surface area contributed by atoms with E-state index in [4.69, 9.17) is 4.74 Å². The highest BCUT2D eigenvalue weighted by Crippen LogP contribution is 2.22. The molecule has 2 aliphatic heterocycles. The number of amides is 2. The van der Waals surface area contributed by atoms with Crippen molar-refractivity contribution in [2.24, 2.45) is 0 Å². The molecule has 9 heteroatoms. The summed E-state index contributed by atoms with van der Waals surface area (Å²) in [6.45, 7) is 2.69. The van der Waals surface area contributed by atoms with Crippen molar-refractivity contribution >= 4 is 33.3 Å². The van der Waals surface area contributed by atoms with Gasteiger partial charge in [-0.3, -0.25) is 9.59 Å². The molecule has 0 spiro atoms. The molecule has 164 valence electrons. The van der Waals surface area contributed by atoms with Crippen LogP contribution in [0.3, 0.4) is 0 Å². The van der Waals surface area contributed by atoms with Crippen LogP contribution in [0.5, 0.6) is 0 Å². The van der Waals surface area contributed by atoms with Crippen LogP contribution in [0.15, 0.2) is 24.3 Å². The largest absolute Gasteiger partial charge is 0.452 e. The second-order valence-corrected chi connectivity index (χ2v) is 10.00. The maximum atomic E-state index is 12.7. The summed E-state index contributed by atoms with van der Waals surface area (Å²) in [4.78, 5) is 40.0. The van der Waals surface area contributed by atoms with Gasteiger partial charge >= 0.3 is 5.97 Å². The number of benzene rings is 1. The van der Waals surface area contributed by atoms with Crippen molar-refractivity contribution in [2.45, 2.75) is 45.1 Å². The van der Waals surface area contributed by atoms with Crippen LogP contribution in [0, 0.1) is 0 Å². The molecule has 0 aliphatic carbocycles. The van der Waals surface area contributed by atoms with E-state index in [1.165, 1.54) is 0 Å². The zero-order valence-corrected chi connectivity index (χ0v) is 18.0. The molecule has 1 aromatic rings. The highest BCUT2D eigenvalue weighted by molar-refractivity contribution is 7.91. The Morgan fingerprint density at radius 1 is 1.23 bits per heavy atom. The molecule has 2 saturated heterocycles. The normalized spacial score (nSPS) is 20.4. The van der Waals surface area contributed by atoms with E-state index in [1.807, 2.05) is 6.92 Å². The molecule has 2 aliphatic rings. The van der Waals surface area contributed by atoms with Crippen molar-refractivity contribution in [3.63, 3.8) is 0 Å². The van der Waals surface area contributed by atoms with Gasteiger partial charge in [-0.15, -0.1) is 0 Å². The molecule has 1 aromatic carbocycles. The predicted molar refractivity (Wildman–Crippen MR) is 112 cm³/mol. The molecule has 30 heavy (non-hydrogen) atoms. The summed E-state index contributed by atoms with van der Waals surface area (Å²) in [5.41, 5.74) is 1.03. The number of carbonyl (C=O) groups is 3. The molecule has 0 aromatic heterocycles. The van der Waals surface area contributed by atoms with Gasteiger partial charge in [0.05, 0.1) is 17.1 Å². The molecule has 0 saturated carbocycles. The van der Waals surface area contributed by atoms with Gasteiger partial charge in [-0.05, 0) is 43.5 Å². The van der Waals surface area contributed by atoms with E-state index in [2.05, 4.69) is 0 Å². The van der Waals surface area contributed by atoms with Gasteiger partial charge in [0.15, 0.2) is 16.4 Å². The number of anilines is 1. The van der Waals surface area contributed by atoms with E-state index in [9.17, 15) is 22.8 Å². The van der Waals surface area contributed by atoms with Gasteiger partial charge < -0.3 is 14.5 Å². The Kier molecular flexibility index (Phi) is 7.12. The number of nitrogens with zero attached hydrogens (tertiary/aromatic N) is 2. The maximum absolute atomic E-state index is 12.7. The van der Waals surface area contributed by atoms with Crippen LogP contribution in [-0.4, -0.2) is 68.3 Å². The Bertz CT molecular complexity index is 897. The number of sulfone groups is 1. The van der Waals surface area contributed by atoms with Crippen LogP contribution in [0.2, 0.25) is 0 Å². The van der Waals surface area contributed by atoms with Gasteiger partial charge in [0, 0.05) is 31.2 Å². The van der Waals surface area contributed by atoms with Gasteiger partial charge in [0.25, 0.3) is 5.91 Å². The Labute approximate surface area is 177 Å². The van der Waals surface area contributed by atoms with Crippen molar-refractivity contribution < 1.29 is 27.5 Å². The highest BCUT2D eigenvalue weighted by atomic mass is 32.2. The average Bonchev–Trinajstić information content (AvgIpc) is 3.31. The minimum atomic E-state index is -3.12.